The topological polar surface area (TPSA) is 62.1 Å². The Hall–Kier alpha value is -2.33. The Kier molecular flexibility index (Phi) is 6.38. The molecule has 5 heteroatoms. The molecule has 2 aromatic rings. The number of carbonyl (C=O) groups excluding carboxylic acids is 1. The highest BCUT2D eigenvalue weighted by Crippen LogP contribution is 2.23. The number of hydrogen-bond acceptors (Lipinski definition) is 3. The summed E-state index contributed by atoms with van der Waals surface area (Å²) in [5, 5.41) is 12.0. The molecule has 1 amide bonds. The van der Waals surface area contributed by atoms with Crippen LogP contribution in [0.2, 0.25) is 0 Å². The van der Waals surface area contributed by atoms with Gasteiger partial charge >= 0.3 is 0 Å². The molecule has 122 valence electrons. The van der Waals surface area contributed by atoms with E-state index >= 15 is 0 Å². The number of anilines is 1. The van der Waals surface area contributed by atoms with Crippen LogP contribution in [0.3, 0.4) is 0 Å². The average molecular weight is 432 g/mol. The predicted octanol–water partition coefficient (Wildman–Crippen LogP) is 4.54. The molecule has 0 spiro atoms. The van der Waals surface area contributed by atoms with E-state index in [1.807, 2.05) is 62.4 Å². The van der Waals surface area contributed by atoms with Gasteiger partial charge in [0, 0.05) is 5.69 Å². The number of nitriles is 1. The summed E-state index contributed by atoms with van der Waals surface area (Å²) < 4.78 is 6.42. The second-order valence-corrected chi connectivity index (χ2v) is 6.28. The van der Waals surface area contributed by atoms with Gasteiger partial charge in [0.2, 0.25) is 0 Å². The van der Waals surface area contributed by atoms with Gasteiger partial charge in [-0.15, -0.1) is 0 Å². The largest absolute Gasteiger partial charge is 0.493 e. The Balaban J connectivity index is 2.19. The van der Waals surface area contributed by atoms with E-state index in [9.17, 15) is 10.1 Å². The molecule has 1 N–H and O–H groups in total. The van der Waals surface area contributed by atoms with Crippen molar-refractivity contribution in [3.63, 3.8) is 0 Å². The normalized spacial score (nSPS) is 10.8. The second kappa shape index (κ2) is 8.50. The van der Waals surface area contributed by atoms with Crippen LogP contribution in [-0.4, -0.2) is 12.5 Å². The smallest absolute Gasteiger partial charge is 0.266 e. The average Bonchev–Trinajstić information content (AvgIpc) is 2.57. The van der Waals surface area contributed by atoms with E-state index in [1.54, 1.807) is 6.08 Å². The number of carbonyl (C=O) groups is 1. The summed E-state index contributed by atoms with van der Waals surface area (Å²) in [5.74, 6) is 0.364. The van der Waals surface area contributed by atoms with Gasteiger partial charge in [0.25, 0.3) is 5.91 Å². The number of amides is 1. The molecular weight excluding hydrogens is 415 g/mol. The van der Waals surface area contributed by atoms with Crippen LogP contribution in [0.4, 0.5) is 5.69 Å². The van der Waals surface area contributed by atoms with E-state index in [-0.39, 0.29) is 5.57 Å². The summed E-state index contributed by atoms with van der Waals surface area (Å²) in [7, 11) is 0. The fourth-order valence-electron chi connectivity index (χ4n) is 2.03. The molecule has 0 heterocycles. The van der Waals surface area contributed by atoms with Crippen molar-refractivity contribution in [3.8, 4) is 11.8 Å². The number of hydrogen-bond donors (Lipinski definition) is 1. The summed E-state index contributed by atoms with van der Waals surface area (Å²) in [6.07, 6.45) is 1.57. The van der Waals surface area contributed by atoms with Gasteiger partial charge < -0.3 is 10.1 Å². The number of rotatable bonds is 5. The van der Waals surface area contributed by atoms with Crippen LogP contribution < -0.4 is 10.1 Å². The van der Waals surface area contributed by atoms with E-state index in [0.29, 0.717) is 12.3 Å². The van der Waals surface area contributed by atoms with Crippen molar-refractivity contribution in [1.29, 1.82) is 5.26 Å². The molecule has 4 nitrogen and oxygen atoms in total. The lowest BCUT2D eigenvalue weighted by molar-refractivity contribution is -0.112. The number of aryl methyl sites for hydroxylation is 1. The van der Waals surface area contributed by atoms with Crippen molar-refractivity contribution in [2.45, 2.75) is 13.8 Å². The van der Waals surface area contributed by atoms with Gasteiger partial charge in [-0.3, -0.25) is 4.79 Å². The van der Waals surface area contributed by atoms with E-state index in [0.717, 1.165) is 20.4 Å². The summed E-state index contributed by atoms with van der Waals surface area (Å²) in [6, 6.07) is 14.9. The number of halogens is 1. The second-order valence-electron chi connectivity index (χ2n) is 5.11. The molecule has 0 bridgehead atoms. The minimum absolute atomic E-state index is 0.0514. The van der Waals surface area contributed by atoms with Crippen molar-refractivity contribution < 1.29 is 9.53 Å². The van der Waals surface area contributed by atoms with E-state index < -0.39 is 5.91 Å². The third-order valence-electron chi connectivity index (χ3n) is 3.24. The van der Waals surface area contributed by atoms with Crippen LogP contribution in [0.1, 0.15) is 18.1 Å². The molecule has 0 radical (unpaired) electrons. The van der Waals surface area contributed by atoms with Gasteiger partial charge in [-0.1, -0.05) is 23.8 Å². The zero-order valence-corrected chi connectivity index (χ0v) is 15.6. The first kappa shape index (κ1) is 18.0. The minimum atomic E-state index is -0.426. The third kappa shape index (κ3) is 4.83. The van der Waals surface area contributed by atoms with Gasteiger partial charge in [-0.25, -0.2) is 0 Å². The van der Waals surface area contributed by atoms with Gasteiger partial charge in [-0.2, -0.15) is 5.26 Å². The lowest BCUT2D eigenvalue weighted by atomic mass is 10.1. The molecule has 2 aromatic carbocycles. The summed E-state index contributed by atoms with van der Waals surface area (Å²) in [6.45, 7) is 4.49. The molecule has 0 aliphatic rings. The van der Waals surface area contributed by atoms with Crippen LogP contribution in [0.25, 0.3) is 6.08 Å². The maximum absolute atomic E-state index is 12.3. The molecule has 24 heavy (non-hydrogen) atoms. The molecular formula is C19H17IN2O2. The molecule has 0 saturated carbocycles. The van der Waals surface area contributed by atoms with Crippen molar-refractivity contribution in [2.24, 2.45) is 0 Å². The lowest BCUT2D eigenvalue weighted by Gasteiger charge is -2.07. The lowest BCUT2D eigenvalue weighted by Crippen LogP contribution is -2.13. The fourth-order valence-corrected chi connectivity index (χ4v) is 2.73. The van der Waals surface area contributed by atoms with Crippen LogP contribution in [0.5, 0.6) is 5.75 Å². The maximum atomic E-state index is 12.3. The predicted molar refractivity (Wildman–Crippen MR) is 104 cm³/mol. The summed E-state index contributed by atoms with van der Waals surface area (Å²) in [5.41, 5.74) is 2.59. The highest BCUT2D eigenvalue weighted by Gasteiger charge is 2.10. The first-order valence-corrected chi connectivity index (χ1v) is 8.53. The van der Waals surface area contributed by atoms with Crippen LogP contribution in [0.15, 0.2) is 48.0 Å². The molecule has 0 fully saturated rings. The zero-order valence-electron chi connectivity index (χ0n) is 13.5. The first-order valence-electron chi connectivity index (χ1n) is 7.45. The Morgan fingerprint density at radius 2 is 2.00 bits per heavy atom. The Labute approximate surface area is 155 Å². The van der Waals surface area contributed by atoms with Gasteiger partial charge in [-0.05, 0) is 72.3 Å². The summed E-state index contributed by atoms with van der Waals surface area (Å²) >= 11 is 2.17. The highest BCUT2D eigenvalue weighted by atomic mass is 127. The van der Waals surface area contributed by atoms with Gasteiger partial charge in [0.1, 0.15) is 17.4 Å². The minimum Gasteiger partial charge on any atom is -0.493 e. The van der Waals surface area contributed by atoms with Gasteiger partial charge in [0.15, 0.2) is 0 Å². The Morgan fingerprint density at radius 1 is 1.29 bits per heavy atom. The van der Waals surface area contributed by atoms with Crippen LogP contribution in [0, 0.1) is 21.8 Å². The molecule has 0 atom stereocenters. The molecule has 0 aromatic heterocycles. The number of nitrogens with zero attached hydrogens (tertiary/aromatic N) is 1. The van der Waals surface area contributed by atoms with Crippen LogP contribution in [-0.2, 0) is 4.79 Å². The zero-order chi connectivity index (χ0) is 17.5. The fraction of sp³-hybridized carbons (Fsp3) is 0.158. The van der Waals surface area contributed by atoms with E-state index in [2.05, 4.69) is 27.9 Å². The third-order valence-corrected chi connectivity index (χ3v) is 4.08. The molecule has 0 aliphatic heterocycles. The molecule has 2 rings (SSSR count). The molecule has 0 saturated heterocycles. The highest BCUT2D eigenvalue weighted by molar-refractivity contribution is 14.1. The quantitative estimate of drug-likeness (QED) is 0.429. The van der Waals surface area contributed by atoms with Crippen molar-refractivity contribution in [1.82, 2.24) is 0 Å². The standard InChI is InChI=1S/C19H17IN2O2/c1-3-24-18-9-6-14(11-17(18)20)10-15(12-21)19(23)22-16-7-4-13(2)5-8-16/h4-11H,3H2,1-2H3,(H,22,23)/b15-10+. The van der Waals surface area contributed by atoms with Crippen molar-refractivity contribution >= 4 is 40.3 Å². The first-order chi connectivity index (χ1) is 11.5. The van der Waals surface area contributed by atoms with Crippen molar-refractivity contribution in [3.05, 3.63) is 62.7 Å². The Bertz CT molecular complexity index is 805. The van der Waals surface area contributed by atoms with Crippen molar-refractivity contribution in [2.75, 3.05) is 11.9 Å². The van der Waals surface area contributed by atoms with Gasteiger partial charge in [0.05, 0.1) is 10.2 Å². The van der Waals surface area contributed by atoms with E-state index in [1.165, 1.54) is 0 Å². The monoisotopic (exact) mass is 432 g/mol. The summed E-state index contributed by atoms with van der Waals surface area (Å²) in [4.78, 5) is 12.3. The number of nitrogens with one attached hydrogen (secondary N) is 1. The number of ether oxygens (including phenoxy) is 1. The maximum Gasteiger partial charge on any atom is 0.266 e. The number of benzene rings is 2. The Morgan fingerprint density at radius 3 is 2.58 bits per heavy atom. The SMILES string of the molecule is CCOc1ccc(/C=C(\C#N)C(=O)Nc2ccc(C)cc2)cc1I. The molecule has 0 unspecified atom stereocenters. The van der Waals surface area contributed by atoms with Crippen LogP contribution >= 0.6 is 22.6 Å². The van der Waals surface area contributed by atoms with E-state index in [4.69, 9.17) is 4.74 Å². The molecule has 0 aliphatic carbocycles.